The Labute approximate surface area is 175 Å². The van der Waals surface area contributed by atoms with Crippen LogP contribution in [-0.2, 0) is 31.0 Å². The summed E-state index contributed by atoms with van der Waals surface area (Å²) in [6, 6.07) is -1.61. The Morgan fingerprint density at radius 2 is 2.03 bits per heavy atom. The van der Waals surface area contributed by atoms with E-state index in [0.29, 0.717) is 18.7 Å². The summed E-state index contributed by atoms with van der Waals surface area (Å²) in [6.07, 6.45) is 3.41. The molecule has 2 atom stereocenters. The lowest BCUT2D eigenvalue weighted by atomic mass is 10.0. The lowest BCUT2D eigenvalue weighted by Gasteiger charge is -2.33. The third-order valence-corrected chi connectivity index (χ3v) is 6.79. The minimum atomic E-state index is -3.46. The molecule has 1 saturated heterocycles. The maximum Gasteiger partial charge on any atom is 0.328 e. The van der Waals surface area contributed by atoms with E-state index in [1.165, 1.54) is 22.1 Å². The van der Waals surface area contributed by atoms with Gasteiger partial charge in [-0.05, 0) is 26.7 Å². The number of carbonyl (C=O) groups is 3. The average Bonchev–Trinajstić information content (AvgIpc) is 3.20. The predicted octanol–water partition coefficient (Wildman–Crippen LogP) is -0.750. The molecule has 1 aromatic heterocycles. The van der Waals surface area contributed by atoms with Crippen LogP contribution in [0.1, 0.15) is 51.3 Å². The molecule has 0 aromatic carbocycles. The lowest BCUT2D eigenvalue weighted by Crippen LogP contribution is -2.52. The first kappa shape index (κ1) is 23.7. The summed E-state index contributed by atoms with van der Waals surface area (Å²) < 4.78 is 26.8. The van der Waals surface area contributed by atoms with Gasteiger partial charge in [-0.2, -0.15) is 4.31 Å². The number of aliphatic carboxylic acids is 1. The maximum atomic E-state index is 12.4. The van der Waals surface area contributed by atoms with E-state index in [2.05, 4.69) is 20.9 Å². The summed E-state index contributed by atoms with van der Waals surface area (Å²) in [7, 11) is -3.46. The molecule has 1 fully saturated rings. The van der Waals surface area contributed by atoms with Crippen LogP contribution in [0.25, 0.3) is 0 Å². The number of hydrogen-bond acceptors (Lipinski definition) is 7. The number of aromatic nitrogens is 3. The number of rotatable bonds is 10. The molecule has 1 aliphatic rings. The number of carbonyl (C=O) groups excluding carboxylic acids is 2. The van der Waals surface area contributed by atoms with Gasteiger partial charge in [-0.3, -0.25) is 9.59 Å². The van der Waals surface area contributed by atoms with Crippen LogP contribution in [0.5, 0.6) is 0 Å². The van der Waals surface area contributed by atoms with Gasteiger partial charge in [0.2, 0.25) is 21.8 Å². The Morgan fingerprint density at radius 3 is 2.70 bits per heavy atom. The molecule has 2 heterocycles. The van der Waals surface area contributed by atoms with Gasteiger partial charge in [-0.15, -0.1) is 5.10 Å². The summed E-state index contributed by atoms with van der Waals surface area (Å²) in [6.45, 7) is 3.48. The van der Waals surface area contributed by atoms with E-state index < -0.39 is 34.0 Å². The van der Waals surface area contributed by atoms with Crippen molar-refractivity contribution in [3.05, 3.63) is 11.9 Å². The highest BCUT2D eigenvalue weighted by Crippen LogP contribution is 2.21. The second-order valence-corrected chi connectivity index (χ2v) is 9.25. The minimum Gasteiger partial charge on any atom is -0.480 e. The molecule has 2 amide bonds. The highest BCUT2D eigenvalue weighted by molar-refractivity contribution is 7.89. The van der Waals surface area contributed by atoms with Crippen LogP contribution in [0.4, 0.5) is 0 Å². The van der Waals surface area contributed by atoms with Crippen molar-refractivity contribution in [3.63, 3.8) is 0 Å². The van der Waals surface area contributed by atoms with Crippen LogP contribution in [-0.4, -0.2) is 75.5 Å². The fourth-order valence-electron chi connectivity index (χ4n) is 3.06. The number of carboxylic acids is 1. The fraction of sp³-hybridized carbons (Fsp3) is 0.706. The molecule has 2 unspecified atom stereocenters. The molecule has 30 heavy (non-hydrogen) atoms. The van der Waals surface area contributed by atoms with Gasteiger partial charge in [-0.1, -0.05) is 11.6 Å². The second kappa shape index (κ2) is 10.5. The van der Waals surface area contributed by atoms with E-state index in [1.54, 1.807) is 6.92 Å². The Hall–Kier alpha value is -2.54. The summed E-state index contributed by atoms with van der Waals surface area (Å²) >= 11 is 0. The molecule has 1 aromatic rings. The van der Waals surface area contributed by atoms with Gasteiger partial charge in [0.05, 0.1) is 18.5 Å². The first-order valence-corrected chi connectivity index (χ1v) is 11.4. The molecule has 3 N–H and O–H groups in total. The Morgan fingerprint density at radius 1 is 1.30 bits per heavy atom. The highest BCUT2D eigenvalue weighted by atomic mass is 32.2. The minimum absolute atomic E-state index is 0.0126. The number of carboxylic acid groups (broad SMARTS) is 1. The maximum absolute atomic E-state index is 12.4. The van der Waals surface area contributed by atoms with Crippen LogP contribution in [0.3, 0.4) is 0 Å². The number of hydrogen-bond donors (Lipinski definition) is 3. The zero-order chi connectivity index (χ0) is 22.3. The number of sulfonamides is 1. The van der Waals surface area contributed by atoms with Crippen LogP contribution < -0.4 is 10.6 Å². The number of amides is 2. The molecule has 12 nitrogen and oxygen atoms in total. The fourth-order valence-corrected chi connectivity index (χ4v) is 4.38. The van der Waals surface area contributed by atoms with Crippen molar-refractivity contribution in [2.75, 3.05) is 18.8 Å². The largest absolute Gasteiger partial charge is 0.480 e. The third-order valence-electron chi connectivity index (χ3n) is 4.91. The molecule has 0 aliphatic carbocycles. The number of nitrogens with zero attached hydrogens (tertiary/aromatic N) is 4. The second-order valence-electron chi connectivity index (χ2n) is 7.04. The predicted molar refractivity (Wildman–Crippen MR) is 106 cm³/mol. The van der Waals surface area contributed by atoms with E-state index in [1.807, 2.05) is 0 Å². The van der Waals surface area contributed by atoms with Crippen molar-refractivity contribution in [3.8, 4) is 0 Å². The molecular formula is C17H28N6O6S. The quantitative estimate of drug-likeness (QED) is 0.424. The van der Waals surface area contributed by atoms with Crippen molar-refractivity contribution < 1.29 is 27.9 Å². The first-order valence-electron chi connectivity index (χ1n) is 9.83. The van der Waals surface area contributed by atoms with Gasteiger partial charge < -0.3 is 15.7 Å². The zero-order valence-corrected chi connectivity index (χ0v) is 17.9. The van der Waals surface area contributed by atoms with Gasteiger partial charge in [-0.25, -0.2) is 17.9 Å². The van der Waals surface area contributed by atoms with Crippen molar-refractivity contribution >= 4 is 27.8 Å². The molecule has 13 heteroatoms. The smallest absolute Gasteiger partial charge is 0.328 e. The molecule has 168 valence electrons. The van der Waals surface area contributed by atoms with E-state index in [4.69, 9.17) is 5.11 Å². The van der Waals surface area contributed by atoms with Gasteiger partial charge in [0.1, 0.15) is 17.8 Å². The zero-order valence-electron chi connectivity index (χ0n) is 17.1. The van der Waals surface area contributed by atoms with Crippen LogP contribution in [0, 0.1) is 0 Å². The highest BCUT2D eigenvalue weighted by Gasteiger charge is 2.35. The Balaban J connectivity index is 1.77. The first-order chi connectivity index (χ1) is 14.2. The summed E-state index contributed by atoms with van der Waals surface area (Å²) in [5.41, 5.74) is 0.406. The Kier molecular flexibility index (Phi) is 8.29. The lowest BCUT2D eigenvalue weighted by molar-refractivity contribution is -0.140. The average molecular weight is 445 g/mol. The standard InChI is InChI=1S/C17H28N6O6S/c1-3-30(28,29)23-9-5-4-6-14(23)16(25)18-8-7-15(24)19-10-13-11-22(21-20-13)12(2)17(26)27/h11-12,14H,3-10H2,1-2H3,(H,18,25)(H,19,24)(H,26,27). The van der Waals surface area contributed by atoms with Gasteiger partial charge in [0.15, 0.2) is 0 Å². The number of nitrogens with one attached hydrogen (secondary N) is 2. The van der Waals surface area contributed by atoms with E-state index in [-0.39, 0.29) is 31.2 Å². The molecule has 0 saturated carbocycles. The molecule has 0 radical (unpaired) electrons. The third kappa shape index (κ3) is 6.23. The molecule has 2 rings (SSSR count). The SMILES string of the molecule is CCS(=O)(=O)N1CCCCC1C(=O)NCCC(=O)NCc1cn(C(C)C(=O)O)nn1. The van der Waals surface area contributed by atoms with Gasteiger partial charge >= 0.3 is 5.97 Å². The molecule has 0 spiro atoms. The van der Waals surface area contributed by atoms with Crippen molar-refractivity contribution in [1.29, 1.82) is 0 Å². The molecular weight excluding hydrogens is 416 g/mol. The van der Waals surface area contributed by atoms with Gasteiger partial charge in [0, 0.05) is 19.5 Å². The summed E-state index contributed by atoms with van der Waals surface area (Å²) in [4.78, 5) is 35.3. The van der Waals surface area contributed by atoms with Crippen LogP contribution in [0.2, 0.25) is 0 Å². The molecule has 0 bridgehead atoms. The van der Waals surface area contributed by atoms with E-state index in [0.717, 1.165) is 12.8 Å². The summed E-state index contributed by atoms with van der Waals surface area (Å²) in [5, 5.41) is 21.7. The van der Waals surface area contributed by atoms with Crippen molar-refractivity contribution in [2.45, 2.75) is 58.2 Å². The van der Waals surface area contributed by atoms with Crippen molar-refractivity contribution in [1.82, 2.24) is 29.9 Å². The van der Waals surface area contributed by atoms with E-state index >= 15 is 0 Å². The summed E-state index contributed by atoms with van der Waals surface area (Å²) in [5.74, 6) is -1.84. The molecule has 1 aliphatic heterocycles. The van der Waals surface area contributed by atoms with Crippen LogP contribution >= 0.6 is 0 Å². The Bertz CT molecular complexity index is 870. The van der Waals surface area contributed by atoms with Gasteiger partial charge in [0.25, 0.3) is 0 Å². The topological polar surface area (TPSA) is 164 Å². The van der Waals surface area contributed by atoms with Crippen molar-refractivity contribution in [2.24, 2.45) is 0 Å². The monoisotopic (exact) mass is 444 g/mol. The number of piperidine rings is 1. The normalized spacial score (nSPS) is 18.5. The van der Waals surface area contributed by atoms with E-state index in [9.17, 15) is 22.8 Å². The van der Waals surface area contributed by atoms with Crippen LogP contribution in [0.15, 0.2) is 6.20 Å².